The molecule has 1 nitrogen and oxygen atoms in total. The first-order chi connectivity index (χ1) is 8.69. The van der Waals surface area contributed by atoms with Gasteiger partial charge in [0.1, 0.15) is 5.75 Å². The predicted octanol–water partition coefficient (Wildman–Crippen LogP) is 5.54. The fourth-order valence-corrected chi connectivity index (χ4v) is 3.69. The lowest BCUT2D eigenvalue weighted by atomic mass is 10.1. The Morgan fingerprint density at radius 3 is 2.56 bits per heavy atom. The Hall–Kier alpha value is -0.510. The Morgan fingerprint density at radius 1 is 1.28 bits per heavy atom. The van der Waals surface area contributed by atoms with E-state index in [0.717, 1.165) is 38.9 Å². The van der Waals surface area contributed by atoms with E-state index in [4.69, 9.17) is 16.3 Å². The minimum Gasteiger partial charge on any atom is -0.494 e. The molecular formula is C14H14BrClOS. The Kier molecular flexibility index (Phi) is 5.10. The van der Waals surface area contributed by atoms with Crippen LogP contribution in [0.3, 0.4) is 0 Å². The summed E-state index contributed by atoms with van der Waals surface area (Å²) in [4.78, 5) is 0. The molecule has 0 aliphatic carbocycles. The van der Waals surface area contributed by atoms with Crippen LogP contribution in [0.1, 0.15) is 24.5 Å². The van der Waals surface area contributed by atoms with Crippen LogP contribution in [-0.2, 0) is 6.42 Å². The summed E-state index contributed by atoms with van der Waals surface area (Å²) in [5.74, 6) is 0.929. The molecule has 2 rings (SSSR count). The number of ether oxygens (including phenoxy) is 1. The number of rotatable bonds is 5. The molecule has 0 bridgehead atoms. The van der Waals surface area contributed by atoms with Crippen molar-refractivity contribution < 1.29 is 4.74 Å². The third-order valence-electron chi connectivity index (χ3n) is 2.52. The summed E-state index contributed by atoms with van der Waals surface area (Å²) in [6, 6.07) is 10.3. The van der Waals surface area contributed by atoms with Crippen molar-refractivity contribution in [3.8, 4) is 5.75 Å². The van der Waals surface area contributed by atoms with E-state index in [0.29, 0.717) is 0 Å². The first kappa shape index (κ1) is 13.9. The molecule has 0 saturated heterocycles. The van der Waals surface area contributed by atoms with Gasteiger partial charge in [-0.25, -0.2) is 0 Å². The molecule has 0 aliphatic rings. The van der Waals surface area contributed by atoms with E-state index in [-0.39, 0.29) is 0 Å². The second-order valence-corrected chi connectivity index (χ2v) is 7.05. The van der Waals surface area contributed by atoms with Crippen molar-refractivity contribution >= 4 is 38.9 Å². The van der Waals surface area contributed by atoms with Crippen LogP contribution < -0.4 is 4.74 Å². The minimum atomic E-state index is 0.767. The molecular weight excluding hydrogens is 332 g/mol. The molecule has 0 spiro atoms. The minimum absolute atomic E-state index is 0.767. The van der Waals surface area contributed by atoms with E-state index in [1.807, 2.05) is 12.1 Å². The van der Waals surface area contributed by atoms with Crippen LogP contribution in [-0.4, -0.2) is 6.61 Å². The number of hydrogen-bond acceptors (Lipinski definition) is 2. The Bertz CT molecular complexity index is 507. The zero-order valence-corrected chi connectivity index (χ0v) is 13.2. The van der Waals surface area contributed by atoms with Gasteiger partial charge < -0.3 is 4.74 Å². The van der Waals surface area contributed by atoms with E-state index in [9.17, 15) is 0 Å². The van der Waals surface area contributed by atoms with Crippen LogP contribution in [0.15, 0.2) is 34.1 Å². The van der Waals surface area contributed by atoms with Crippen molar-refractivity contribution in [1.82, 2.24) is 0 Å². The summed E-state index contributed by atoms with van der Waals surface area (Å²) in [5.41, 5.74) is 2.40. The van der Waals surface area contributed by atoms with Gasteiger partial charge in [0.25, 0.3) is 0 Å². The molecule has 96 valence electrons. The summed E-state index contributed by atoms with van der Waals surface area (Å²) in [6.07, 6.45) is 1.88. The average molecular weight is 346 g/mol. The summed E-state index contributed by atoms with van der Waals surface area (Å²) in [6.45, 7) is 2.87. The summed E-state index contributed by atoms with van der Waals surface area (Å²) in [5, 5.41) is 0. The van der Waals surface area contributed by atoms with Crippen LogP contribution in [0.5, 0.6) is 5.75 Å². The Labute approximate surface area is 125 Å². The van der Waals surface area contributed by atoms with Gasteiger partial charge >= 0.3 is 0 Å². The highest BCUT2D eigenvalue weighted by Gasteiger charge is 2.06. The first-order valence-electron chi connectivity index (χ1n) is 5.84. The molecule has 0 unspecified atom stereocenters. The lowest BCUT2D eigenvalue weighted by Crippen LogP contribution is -1.95. The Balaban J connectivity index is 2.04. The van der Waals surface area contributed by atoms with Gasteiger partial charge in [-0.15, -0.1) is 11.3 Å². The van der Waals surface area contributed by atoms with Gasteiger partial charge in [-0.3, -0.25) is 0 Å². The van der Waals surface area contributed by atoms with Gasteiger partial charge in [-0.1, -0.05) is 30.7 Å². The molecule has 18 heavy (non-hydrogen) atoms. The van der Waals surface area contributed by atoms with Crippen molar-refractivity contribution in [2.75, 3.05) is 6.61 Å². The number of halogens is 2. The molecule has 0 fully saturated rings. The molecule has 1 heterocycles. The van der Waals surface area contributed by atoms with Crippen molar-refractivity contribution in [3.63, 3.8) is 0 Å². The monoisotopic (exact) mass is 344 g/mol. The third kappa shape index (κ3) is 3.74. The highest BCUT2D eigenvalue weighted by atomic mass is 79.9. The second-order valence-electron chi connectivity index (χ2n) is 4.02. The van der Waals surface area contributed by atoms with Crippen molar-refractivity contribution in [3.05, 3.63) is 49.6 Å². The van der Waals surface area contributed by atoms with Gasteiger partial charge in [-0.05, 0) is 58.1 Å². The summed E-state index contributed by atoms with van der Waals surface area (Å²) < 4.78 is 7.49. The Morgan fingerprint density at radius 2 is 2.00 bits per heavy atom. The maximum Gasteiger partial charge on any atom is 0.119 e. The zero-order valence-electron chi connectivity index (χ0n) is 10.1. The highest BCUT2D eigenvalue weighted by molar-refractivity contribution is 9.11. The van der Waals surface area contributed by atoms with E-state index in [1.165, 1.54) is 5.56 Å². The van der Waals surface area contributed by atoms with Crippen molar-refractivity contribution in [2.45, 2.75) is 19.8 Å². The maximum absolute atomic E-state index is 6.16. The smallest absolute Gasteiger partial charge is 0.119 e. The summed E-state index contributed by atoms with van der Waals surface area (Å²) in [7, 11) is 0. The fraction of sp³-hybridized carbons (Fsp3) is 0.286. The lowest BCUT2D eigenvalue weighted by molar-refractivity contribution is 0.317. The molecule has 0 atom stereocenters. The van der Waals surface area contributed by atoms with E-state index in [1.54, 1.807) is 11.3 Å². The SMILES string of the molecule is CCCOc1ccc(Cc2cc(Br)sc2Cl)cc1. The van der Waals surface area contributed by atoms with E-state index < -0.39 is 0 Å². The topological polar surface area (TPSA) is 9.23 Å². The van der Waals surface area contributed by atoms with E-state index in [2.05, 4.69) is 41.1 Å². The highest BCUT2D eigenvalue weighted by Crippen LogP contribution is 2.33. The molecule has 4 heteroatoms. The summed E-state index contributed by atoms with van der Waals surface area (Å²) >= 11 is 11.2. The van der Waals surface area contributed by atoms with Gasteiger partial charge in [-0.2, -0.15) is 0 Å². The number of thiophene rings is 1. The normalized spacial score (nSPS) is 10.6. The first-order valence-corrected chi connectivity index (χ1v) is 7.83. The van der Waals surface area contributed by atoms with Gasteiger partial charge in [0.05, 0.1) is 14.7 Å². The quantitative estimate of drug-likeness (QED) is 0.691. The van der Waals surface area contributed by atoms with Crippen LogP contribution >= 0.6 is 38.9 Å². The lowest BCUT2D eigenvalue weighted by Gasteiger charge is -2.05. The largest absolute Gasteiger partial charge is 0.494 e. The second kappa shape index (κ2) is 6.60. The molecule has 2 aromatic rings. The molecule has 0 saturated carbocycles. The van der Waals surface area contributed by atoms with E-state index >= 15 is 0 Å². The van der Waals surface area contributed by atoms with Crippen molar-refractivity contribution in [2.24, 2.45) is 0 Å². The zero-order chi connectivity index (χ0) is 13.0. The van der Waals surface area contributed by atoms with Gasteiger partial charge in [0.15, 0.2) is 0 Å². The maximum atomic E-state index is 6.16. The standard InChI is InChI=1S/C14H14BrClOS/c1-2-7-17-12-5-3-10(4-6-12)8-11-9-13(15)18-14(11)16/h3-6,9H,2,7-8H2,1H3. The van der Waals surface area contributed by atoms with Crippen molar-refractivity contribution in [1.29, 1.82) is 0 Å². The molecule has 0 N–H and O–H groups in total. The molecule has 0 radical (unpaired) electrons. The van der Waals surface area contributed by atoms with Gasteiger partial charge in [0.2, 0.25) is 0 Å². The molecule has 0 aliphatic heterocycles. The van der Waals surface area contributed by atoms with Crippen LogP contribution in [0, 0.1) is 0 Å². The van der Waals surface area contributed by atoms with Gasteiger partial charge in [0, 0.05) is 0 Å². The van der Waals surface area contributed by atoms with Crippen LogP contribution in [0.25, 0.3) is 0 Å². The predicted molar refractivity (Wildman–Crippen MR) is 82.1 cm³/mol. The fourth-order valence-electron chi connectivity index (χ4n) is 1.64. The molecule has 0 amide bonds. The molecule has 1 aromatic heterocycles. The third-order valence-corrected chi connectivity index (χ3v) is 4.46. The van der Waals surface area contributed by atoms with Crippen LogP contribution in [0.4, 0.5) is 0 Å². The van der Waals surface area contributed by atoms with Crippen LogP contribution in [0.2, 0.25) is 4.34 Å². The molecule has 1 aromatic carbocycles. The number of hydrogen-bond donors (Lipinski definition) is 0. The average Bonchev–Trinajstić information content (AvgIpc) is 2.67. The number of benzene rings is 1.